The van der Waals surface area contributed by atoms with Crippen LogP contribution in [0.25, 0.3) is 0 Å². The van der Waals surface area contributed by atoms with E-state index < -0.39 is 11.6 Å². The number of hydrogen-bond donors (Lipinski definition) is 1. The highest BCUT2D eigenvalue weighted by Gasteiger charge is 2.36. The predicted molar refractivity (Wildman–Crippen MR) is 110 cm³/mol. The first kappa shape index (κ1) is 18.5. The van der Waals surface area contributed by atoms with Gasteiger partial charge in [0, 0.05) is 16.8 Å². The van der Waals surface area contributed by atoms with E-state index in [9.17, 15) is 9.59 Å². The smallest absolute Gasteiger partial charge is 0.233 e. The summed E-state index contributed by atoms with van der Waals surface area (Å²) in [5, 5.41) is 0. The molecule has 3 aromatic rings. The molecule has 0 radical (unpaired) electrons. The molecule has 2 N–H and O–H groups in total. The summed E-state index contributed by atoms with van der Waals surface area (Å²) in [6, 6.07) is 19.1. The minimum atomic E-state index is -0.448. The lowest BCUT2D eigenvalue weighted by atomic mass is 9.91. The number of carbonyl (C=O) groups excluding carboxylic acids is 2. The Morgan fingerprint density at radius 3 is 1.69 bits per heavy atom. The van der Waals surface area contributed by atoms with Gasteiger partial charge in [-0.1, -0.05) is 24.3 Å². The van der Waals surface area contributed by atoms with Gasteiger partial charge in [-0.3, -0.25) is 9.59 Å². The normalized spacial score (nSPS) is 13.3. The first-order chi connectivity index (χ1) is 13.9. The number of nitrogen functional groups attached to an aromatic ring is 1. The van der Waals surface area contributed by atoms with E-state index in [2.05, 4.69) is 0 Å². The molecule has 0 amide bonds. The summed E-state index contributed by atoms with van der Waals surface area (Å²) >= 11 is 0. The fraction of sp³-hybridized carbons (Fsp3) is 0.0833. The van der Waals surface area contributed by atoms with Crippen LogP contribution in [0.3, 0.4) is 0 Å². The van der Waals surface area contributed by atoms with Crippen LogP contribution in [-0.2, 0) is 0 Å². The second-order valence-electron chi connectivity index (χ2n) is 6.96. The second-order valence-corrected chi connectivity index (χ2v) is 6.96. The molecule has 0 aromatic heterocycles. The molecular formula is C24H19NO4. The second kappa shape index (κ2) is 7.28. The minimum absolute atomic E-state index is 0.139. The maximum absolute atomic E-state index is 13.2. The Labute approximate surface area is 168 Å². The Kier molecular flexibility index (Phi) is 4.64. The third-order valence-corrected chi connectivity index (χ3v) is 4.57. The zero-order chi connectivity index (χ0) is 20.5. The van der Waals surface area contributed by atoms with E-state index in [4.69, 9.17) is 15.2 Å². The number of ketones is 2. The van der Waals surface area contributed by atoms with Crippen LogP contribution in [0.1, 0.15) is 31.8 Å². The number of anilines is 1. The summed E-state index contributed by atoms with van der Waals surface area (Å²) < 4.78 is 11.7. The van der Waals surface area contributed by atoms with E-state index in [1.807, 2.05) is 38.1 Å². The van der Waals surface area contributed by atoms with Gasteiger partial charge in [0.05, 0.1) is 0 Å². The van der Waals surface area contributed by atoms with Gasteiger partial charge in [0.1, 0.15) is 11.5 Å². The number of nitrogens with two attached hydrogens (primary N) is 1. The average molecular weight is 385 g/mol. The number of carbonyl (C=O) groups is 2. The number of allylic oxidation sites excluding steroid dienone is 2. The van der Waals surface area contributed by atoms with Crippen LogP contribution in [0, 0.1) is 13.8 Å². The summed E-state index contributed by atoms with van der Waals surface area (Å²) in [6.07, 6.45) is 0. The van der Waals surface area contributed by atoms with Crippen molar-refractivity contribution in [3.8, 4) is 11.5 Å². The molecule has 0 fully saturated rings. The molecule has 144 valence electrons. The molecule has 29 heavy (non-hydrogen) atoms. The number of rotatable bonds is 4. The zero-order valence-corrected chi connectivity index (χ0v) is 16.1. The third-order valence-electron chi connectivity index (χ3n) is 4.57. The largest absolute Gasteiger partial charge is 0.449 e. The predicted octanol–water partition coefficient (Wildman–Crippen LogP) is 4.63. The minimum Gasteiger partial charge on any atom is -0.449 e. The molecule has 0 saturated heterocycles. The fourth-order valence-electron chi connectivity index (χ4n) is 3.18. The van der Waals surface area contributed by atoms with E-state index >= 15 is 0 Å². The van der Waals surface area contributed by atoms with E-state index in [0.717, 1.165) is 11.1 Å². The highest BCUT2D eigenvalue weighted by molar-refractivity contribution is 6.25. The summed E-state index contributed by atoms with van der Waals surface area (Å²) in [4.78, 5) is 26.4. The first-order valence-corrected chi connectivity index (χ1v) is 9.14. The molecule has 1 aliphatic carbocycles. The van der Waals surface area contributed by atoms with Gasteiger partial charge in [0.25, 0.3) is 0 Å². The Balaban J connectivity index is 1.84. The van der Waals surface area contributed by atoms with Crippen LogP contribution < -0.4 is 15.2 Å². The van der Waals surface area contributed by atoms with Crippen molar-refractivity contribution in [2.75, 3.05) is 5.73 Å². The van der Waals surface area contributed by atoms with Crippen molar-refractivity contribution in [3.63, 3.8) is 0 Å². The van der Waals surface area contributed by atoms with Gasteiger partial charge >= 0.3 is 0 Å². The lowest BCUT2D eigenvalue weighted by Crippen LogP contribution is -2.28. The maximum atomic E-state index is 13.2. The number of hydrogen-bond acceptors (Lipinski definition) is 5. The van der Waals surface area contributed by atoms with E-state index in [1.165, 1.54) is 12.1 Å². The maximum Gasteiger partial charge on any atom is 0.233 e. The summed E-state index contributed by atoms with van der Waals surface area (Å²) in [5.74, 6) is -0.274. The van der Waals surface area contributed by atoms with Gasteiger partial charge in [-0.25, -0.2) is 0 Å². The van der Waals surface area contributed by atoms with Gasteiger partial charge in [-0.05, 0) is 67.4 Å². The average Bonchev–Trinajstić information content (AvgIpc) is 2.69. The highest BCUT2D eigenvalue weighted by atomic mass is 16.5. The monoisotopic (exact) mass is 385 g/mol. The SMILES string of the molecule is Cc1cccc(OC2=C(Oc3cccc(C)c3)C(=O)c3cc(N)ccc3C2=O)c1. The van der Waals surface area contributed by atoms with Crippen molar-refractivity contribution < 1.29 is 19.1 Å². The molecule has 0 atom stereocenters. The molecule has 4 rings (SSSR count). The van der Waals surface area contributed by atoms with Crippen molar-refractivity contribution in [3.05, 3.63) is 101 Å². The van der Waals surface area contributed by atoms with Crippen LogP contribution in [0.15, 0.2) is 78.2 Å². The highest BCUT2D eigenvalue weighted by Crippen LogP contribution is 2.31. The molecular weight excluding hydrogens is 366 g/mol. The zero-order valence-electron chi connectivity index (χ0n) is 16.1. The number of fused-ring (bicyclic) bond motifs is 1. The number of ether oxygens (including phenoxy) is 2. The van der Waals surface area contributed by atoms with Crippen LogP contribution in [-0.4, -0.2) is 11.6 Å². The Hall–Kier alpha value is -3.86. The fourth-order valence-corrected chi connectivity index (χ4v) is 3.18. The standard InChI is InChI=1S/C24H19NO4/c1-14-5-3-7-17(11-14)28-23-21(26)19-10-9-16(25)13-20(19)22(27)24(23)29-18-8-4-6-15(2)12-18/h3-13H,25H2,1-2H3. The van der Waals surface area contributed by atoms with Gasteiger partial charge in [0.2, 0.25) is 23.1 Å². The van der Waals surface area contributed by atoms with Gasteiger partial charge in [0.15, 0.2) is 0 Å². The van der Waals surface area contributed by atoms with Crippen molar-refractivity contribution in [2.45, 2.75) is 13.8 Å². The Morgan fingerprint density at radius 2 is 1.17 bits per heavy atom. The third kappa shape index (κ3) is 3.62. The lowest BCUT2D eigenvalue weighted by molar-refractivity contribution is 0.0897. The van der Waals surface area contributed by atoms with Crippen LogP contribution in [0.4, 0.5) is 5.69 Å². The van der Waals surface area contributed by atoms with Crippen LogP contribution in [0.2, 0.25) is 0 Å². The molecule has 5 nitrogen and oxygen atoms in total. The first-order valence-electron chi connectivity index (χ1n) is 9.14. The molecule has 5 heteroatoms. The molecule has 0 aliphatic heterocycles. The number of aryl methyl sites for hydroxylation is 2. The van der Waals surface area contributed by atoms with Gasteiger partial charge < -0.3 is 15.2 Å². The summed E-state index contributed by atoms with van der Waals surface area (Å²) in [7, 11) is 0. The van der Waals surface area contributed by atoms with Gasteiger partial charge in [-0.15, -0.1) is 0 Å². The van der Waals surface area contributed by atoms with E-state index in [-0.39, 0.29) is 22.6 Å². The molecule has 0 bridgehead atoms. The molecule has 3 aromatic carbocycles. The van der Waals surface area contributed by atoms with Crippen LogP contribution in [0.5, 0.6) is 11.5 Å². The molecule has 0 spiro atoms. The summed E-state index contributed by atoms with van der Waals surface area (Å²) in [5.41, 5.74) is 8.59. The van der Waals surface area contributed by atoms with Crippen molar-refractivity contribution in [1.29, 1.82) is 0 Å². The molecule has 1 aliphatic rings. The number of benzene rings is 3. The molecule has 0 unspecified atom stereocenters. The Morgan fingerprint density at radius 1 is 0.655 bits per heavy atom. The summed E-state index contributed by atoms with van der Waals surface area (Å²) in [6.45, 7) is 3.83. The lowest BCUT2D eigenvalue weighted by Gasteiger charge is -2.21. The molecule has 0 saturated carbocycles. The molecule has 0 heterocycles. The van der Waals surface area contributed by atoms with E-state index in [1.54, 1.807) is 30.3 Å². The van der Waals surface area contributed by atoms with Crippen molar-refractivity contribution >= 4 is 17.3 Å². The Bertz CT molecular complexity index is 1180. The quantitative estimate of drug-likeness (QED) is 0.662. The number of Topliss-reactive ketones (excluding diaryl/α,β-unsaturated/α-hetero) is 2. The van der Waals surface area contributed by atoms with Gasteiger partial charge in [-0.2, -0.15) is 0 Å². The van der Waals surface area contributed by atoms with Crippen LogP contribution >= 0.6 is 0 Å². The topological polar surface area (TPSA) is 78.6 Å². The van der Waals surface area contributed by atoms with Crippen molar-refractivity contribution in [1.82, 2.24) is 0 Å². The van der Waals surface area contributed by atoms with Crippen molar-refractivity contribution in [2.24, 2.45) is 0 Å². The van der Waals surface area contributed by atoms with E-state index in [0.29, 0.717) is 17.2 Å².